The number of benzene rings is 1. The number of rotatable bonds is 5. The first-order chi connectivity index (χ1) is 22.1. The van der Waals surface area contributed by atoms with Gasteiger partial charge in [0.2, 0.25) is 23.6 Å². The maximum absolute atomic E-state index is 13.8. The van der Waals surface area contributed by atoms with Gasteiger partial charge in [-0.05, 0) is 50.4 Å². The van der Waals surface area contributed by atoms with E-state index >= 15 is 0 Å². The van der Waals surface area contributed by atoms with Crippen LogP contribution in [0.1, 0.15) is 62.6 Å². The Bertz CT molecular complexity index is 1460. The molecule has 0 fully saturated rings. The Morgan fingerprint density at radius 2 is 1.67 bits per heavy atom. The zero-order chi connectivity index (χ0) is 33.1. The summed E-state index contributed by atoms with van der Waals surface area (Å²) in [6.45, 7) is 9.22. The van der Waals surface area contributed by atoms with Gasteiger partial charge in [0.25, 0.3) is 0 Å². The summed E-state index contributed by atoms with van der Waals surface area (Å²) in [5, 5.41) is 16.1. The Morgan fingerprint density at radius 1 is 0.913 bits per heavy atom. The number of hydrogen-bond acceptors (Lipinski definition) is 8. The second-order valence-corrected chi connectivity index (χ2v) is 12.0. The van der Waals surface area contributed by atoms with E-state index in [0.717, 1.165) is 11.3 Å². The lowest BCUT2D eigenvalue weighted by molar-refractivity contribution is -0.132. The lowest BCUT2D eigenvalue weighted by atomic mass is 10.0. The number of carbonyl (C=O) groups excluding carboxylic acids is 4. The zero-order valence-electron chi connectivity index (χ0n) is 27.0. The van der Waals surface area contributed by atoms with Crippen LogP contribution in [0.2, 0.25) is 0 Å². The molecule has 1 aliphatic rings. The van der Waals surface area contributed by atoms with E-state index in [4.69, 9.17) is 0 Å². The molecule has 0 unspecified atom stereocenters. The lowest BCUT2D eigenvalue weighted by Gasteiger charge is -2.27. The van der Waals surface area contributed by atoms with Gasteiger partial charge in [0, 0.05) is 38.7 Å². The summed E-state index contributed by atoms with van der Waals surface area (Å²) in [4.78, 5) is 64.2. The third-order valence-corrected chi connectivity index (χ3v) is 7.77. The van der Waals surface area contributed by atoms with Gasteiger partial charge in [-0.15, -0.1) is 0 Å². The van der Waals surface area contributed by atoms with Crippen LogP contribution in [0.3, 0.4) is 0 Å². The minimum absolute atomic E-state index is 0.0721. The number of aromatic nitrogens is 4. The molecule has 4 N–H and O–H groups in total. The Morgan fingerprint density at radius 3 is 2.39 bits per heavy atom. The molecule has 46 heavy (non-hydrogen) atoms. The van der Waals surface area contributed by atoms with Crippen LogP contribution in [0.15, 0.2) is 54.7 Å². The SMILES string of the molecule is Cc1nc2n(n1)CC(=O)NCCN(Cc1ccccn1)CCCC(=O)N[C@@H](C)C(=O)N[C@H](Cc1ccccc1)C(=O)N[C@H]2C(C)C. The molecule has 0 radical (unpaired) electrons. The fraction of sp³-hybridized carbons (Fsp3) is 0.485. The highest BCUT2D eigenvalue weighted by molar-refractivity contribution is 5.92. The number of aryl methyl sites for hydroxylation is 1. The van der Waals surface area contributed by atoms with Crippen LogP contribution in [-0.2, 0) is 38.7 Å². The Kier molecular flexibility index (Phi) is 12.4. The van der Waals surface area contributed by atoms with Crippen LogP contribution < -0.4 is 21.3 Å². The average molecular weight is 632 g/mol. The fourth-order valence-electron chi connectivity index (χ4n) is 5.34. The van der Waals surface area contributed by atoms with Crippen LogP contribution in [0, 0.1) is 12.8 Å². The second-order valence-electron chi connectivity index (χ2n) is 12.0. The highest BCUT2D eigenvalue weighted by atomic mass is 16.2. The van der Waals surface area contributed by atoms with Crippen molar-refractivity contribution in [3.63, 3.8) is 0 Å². The van der Waals surface area contributed by atoms with E-state index in [-0.39, 0.29) is 37.1 Å². The Labute approximate surface area is 269 Å². The van der Waals surface area contributed by atoms with Gasteiger partial charge in [-0.3, -0.25) is 29.1 Å². The number of hydrogen-bond donors (Lipinski definition) is 4. The Hall–Kier alpha value is -4.65. The second kappa shape index (κ2) is 16.6. The summed E-state index contributed by atoms with van der Waals surface area (Å²) in [5.41, 5.74) is 1.74. The third-order valence-electron chi connectivity index (χ3n) is 7.77. The summed E-state index contributed by atoms with van der Waals surface area (Å²) in [6, 6.07) is 12.7. The molecule has 246 valence electrons. The predicted molar refractivity (Wildman–Crippen MR) is 172 cm³/mol. The zero-order valence-corrected chi connectivity index (χ0v) is 27.0. The first-order valence-corrected chi connectivity index (χ1v) is 15.8. The number of amides is 4. The first kappa shape index (κ1) is 34.2. The van der Waals surface area contributed by atoms with Crippen molar-refractivity contribution in [2.75, 3.05) is 19.6 Å². The molecule has 0 spiro atoms. The lowest BCUT2D eigenvalue weighted by Crippen LogP contribution is -2.54. The van der Waals surface area contributed by atoms with Crippen molar-refractivity contribution in [1.29, 1.82) is 0 Å². The van der Waals surface area contributed by atoms with E-state index < -0.39 is 29.9 Å². The van der Waals surface area contributed by atoms with Crippen molar-refractivity contribution >= 4 is 23.6 Å². The van der Waals surface area contributed by atoms with Crippen LogP contribution in [0.4, 0.5) is 0 Å². The largest absolute Gasteiger partial charge is 0.353 e. The highest BCUT2D eigenvalue weighted by Gasteiger charge is 2.30. The summed E-state index contributed by atoms with van der Waals surface area (Å²) in [5.74, 6) is -0.565. The van der Waals surface area contributed by atoms with Gasteiger partial charge in [-0.1, -0.05) is 50.2 Å². The van der Waals surface area contributed by atoms with Crippen molar-refractivity contribution in [3.8, 4) is 0 Å². The molecule has 2 aromatic heterocycles. The molecule has 4 amide bonds. The monoisotopic (exact) mass is 631 g/mol. The van der Waals surface area contributed by atoms with E-state index in [1.165, 1.54) is 4.68 Å². The smallest absolute Gasteiger partial charge is 0.243 e. The molecular weight excluding hydrogens is 586 g/mol. The van der Waals surface area contributed by atoms with Crippen molar-refractivity contribution in [2.24, 2.45) is 5.92 Å². The maximum atomic E-state index is 13.8. The number of nitrogens with zero attached hydrogens (tertiary/aromatic N) is 5. The molecule has 0 bridgehead atoms. The number of carbonyl (C=O) groups is 4. The van der Waals surface area contributed by atoms with E-state index in [1.54, 1.807) is 20.0 Å². The summed E-state index contributed by atoms with van der Waals surface area (Å²) in [6.07, 6.45) is 2.72. The van der Waals surface area contributed by atoms with Gasteiger partial charge in [0.15, 0.2) is 5.82 Å². The van der Waals surface area contributed by atoms with Gasteiger partial charge in [-0.25, -0.2) is 9.67 Å². The normalized spacial score (nSPS) is 21.5. The average Bonchev–Trinajstić information content (AvgIpc) is 3.38. The quantitative estimate of drug-likeness (QED) is 0.329. The molecule has 1 aromatic carbocycles. The van der Waals surface area contributed by atoms with Crippen molar-refractivity contribution < 1.29 is 19.2 Å². The van der Waals surface area contributed by atoms with E-state index in [1.807, 2.05) is 62.4 Å². The predicted octanol–water partition coefficient (Wildman–Crippen LogP) is 1.44. The van der Waals surface area contributed by atoms with Gasteiger partial charge >= 0.3 is 0 Å². The van der Waals surface area contributed by atoms with Crippen LogP contribution in [-0.4, -0.2) is 80.0 Å². The molecule has 3 heterocycles. The highest BCUT2D eigenvalue weighted by Crippen LogP contribution is 2.21. The van der Waals surface area contributed by atoms with Gasteiger partial charge in [0.05, 0.1) is 11.7 Å². The standard InChI is InChI=1S/C33H45N9O4/c1-22(2)30-31-37-24(4)40-42(31)21-29(44)35-16-18-41(20-26-13-8-9-15-34-26)17-10-14-28(43)36-23(3)32(45)38-27(33(46)39-30)19-25-11-6-5-7-12-25/h5-9,11-13,15,22-23,27,30H,10,14,16-21H2,1-4H3,(H,35,44)(H,36,43)(H,38,45)(H,39,46)/t23-,27+,30-/m0/s1. The van der Waals surface area contributed by atoms with Crippen molar-refractivity contribution in [1.82, 2.24) is 45.9 Å². The number of fused-ring (bicyclic) bond motifs is 1. The van der Waals surface area contributed by atoms with E-state index in [9.17, 15) is 19.2 Å². The molecule has 3 aromatic rings. The number of pyridine rings is 1. The topological polar surface area (TPSA) is 163 Å². The molecule has 13 nitrogen and oxygen atoms in total. The summed E-state index contributed by atoms with van der Waals surface area (Å²) in [7, 11) is 0. The molecule has 3 atom stereocenters. The van der Waals surface area contributed by atoms with Gasteiger partial charge in [-0.2, -0.15) is 5.10 Å². The summed E-state index contributed by atoms with van der Waals surface area (Å²) >= 11 is 0. The molecule has 0 saturated heterocycles. The Balaban J connectivity index is 1.60. The van der Waals surface area contributed by atoms with Crippen LogP contribution in [0.5, 0.6) is 0 Å². The van der Waals surface area contributed by atoms with Crippen LogP contribution >= 0.6 is 0 Å². The fourth-order valence-corrected chi connectivity index (χ4v) is 5.34. The number of nitrogens with one attached hydrogen (secondary N) is 4. The van der Waals surface area contributed by atoms with Gasteiger partial charge in [0.1, 0.15) is 24.5 Å². The van der Waals surface area contributed by atoms with Crippen molar-refractivity contribution in [2.45, 2.75) is 78.2 Å². The van der Waals surface area contributed by atoms with E-state index in [2.05, 4.69) is 41.2 Å². The molecule has 1 aliphatic heterocycles. The summed E-state index contributed by atoms with van der Waals surface area (Å²) < 4.78 is 1.53. The van der Waals surface area contributed by atoms with Gasteiger partial charge < -0.3 is 21.3 Å². The molecule has 4 rings (SSSR count). The minimum Gasteiger partial charge on any atom is -0.353 e. The van der Waals surface area contributed by atoms with Crippen LogP contribution in [0.25, 0.3) is 0 Å². The third kappa shape index (κ3) is 10.2. The van der Waals surface area contributed by atoms with Crippen molar-refractivity contribution in [3.05, 3.63) is 77.6 Å². The molecule has 0 saturated carbocycles. The molecule has 0 aliphatic carbocycles. The maximum Gasteiger partial charge on any atom is 0.243 e. The minimum atomic E-state index is -0.929. The molecule has 13 heteroatoms. The van der Waals surface area contributed by atoms with E-state index in [0.29, 0.717) is 44.2 Å². The molecular formula is C33H45N9O4. The first-order valence-electron chi connectivity index (χ1n) is 15.8.